The Bertz CT molecular complexity index is 1670. The molecule has 48 heavy (non-hydrogen) atoms. The number of hydrogen-bond acceptors (Lipinski definition) is 8. The van der Waals surface area contributed by atoms with Gasteiger partial charge >= 0.3 is 6.18 Å². The molecule has 0 saturated carbocycles. The van der Waals surface area contributed by atoms with E-state index in [1.54, 1.807) is 12.3 Å². The number of amides is 1. The van der Waals surface area contributed by atoms with Gasteiger partial charge in [0.2, 0.25) is 0 Å². The van der Waals surface area contributed by atoms with Crippen molar-refractivity contribution >= 4 is 17.4 Å². The van der Waals surface area contributed by atoms with Crippen LogP contribution in [0.5, 0.6) is 0 Å². The van der Waals surface area contributed by atoms with E-state index in [0.29, 0.717) is 61.0 Å². The van der Waals surface area contributed by atoms with E-state index in [2.05, 4.69) is 52.6 Å². The number of benzene rings is 1. The van der Waals surface area contributed by atoms with Crippen LogP contribution in [0.15, 0.2) is 47.7 Å². The maximum atomic E-state index is 13.3. The summed E-state index contributed by atoms with van der Waals surface area (Å²) in [7, 11) is 0. The largest absolute Gasteiger partial charge is 0.453 e. The van der Waals surface area contributed by atoms with Gasteiger partial charge in [-0.15, -0.1) is 10.2 Å². The lowest BCUT2D eigenvalue weighted by Gasteiger charge is -2.38. The molecule has 0 spiro atoms. The highest BCUT2D eigenvalue weighted by Gasteiger charge is 2.40. The third-order valence-electron chi connectivity index (χ3n) is 10.0. The molecule has 7 rings (SSSR count). The molecular formula is C35H40F3N9O. The third kappa shape index (κ3) is 7.39. The molecule has 0 unspecified atom stereocenters. The monoisotopic (exact) mass is 659 g/mol. The molecule has 1 amide bonds. The van der Waals surface area contributed by atoms with Gasteiger partial charge in [-0.3, -0.25) is 4.79 Å². The van der Waals surface area contributed by atoms with Gasteiger partial charge in [-0.25, -0.2) is 4.98 Å². The number of aryl methyl sites for hydroxylation is 1. The summed E-state index contributed by atoms with van der Waals surface area (Å²) >= 11 is 0. The second-order valence-corrected chi connectivity index (χ2v) is 13.1. The highest BCUT2D eigenvalue weighted by Crippen LogP contribution is 2.32. The van der Waals surface area contributed by atoms with Crippen LogP contribution in [0.25, 0.3) is 0 Å². The average Bonchev–Trinajstić information content (AvgIpc) is 3.56. The number of piperidine rings is 3. The Labute approximate surface area is 278 Å². The standard InChI is InChI=1S/C35H40F3N9O/c36-35(37,38)34-43-42-31-9-10-32(44-47(31)34)46-21-15-27(16-22-46)26-4-6-28(7-5-26)41-33(48)30-8-3-25(23-40-30)2-1-24-13-19-45(20-14-24)29-11-17-39-18-12-29/h3-8,23-24,27,29,39H,9-22H2,(H,41,48). The highest BCUT2D eigenvalue weighted by molar-refractivity contribution is 6.02. The molecule has 0 atom stereocenters. The molecule has 2 aromatic heterocycles. The number of hydrogen-bond donors (Lipinski definition) is 2. The van der Waals surface area contributed by atoms with Crippen LogP contribution in [-0.4, -0.2) is 86.7 Å². The van der Waals surface area contributed by atoms with E-state index in [-0.39, 0.29) is 11.7 Å². The summed E-state index contributed by atoms with van der Waals surface area (Å²) in [6.07, 6.45) is 4.35. The topological polar surface area (TPSA) is 104 Å². The third-order valence-corrected chi connectivity index (χ3v) is 10.0. The van der Waals surface area contributed by atoms with Gasteiger partial charge in [-0.05, 0) is 100 Å². The van der Waals surface area contributed by atoms with Crippen LogP contribution in [0.4, 0.5) is 18.9 Å². The Hall–Kier alpha value is -4.28. The molecule has 0 radical (unpaired) electrons. The van der Waals surface area contributed by atoms with E-state index < -0.39 is 12.0 Å². The Kier molecular flexibility index (Phi) is 9.45. The zero-order valence-corrected chi connectivity index (χ0v) is 26.8. The number of amidine groups is 1. The molecule has 3 aromatic rings. The quantitative estimate of drug-likeness (QED) is 0.390. The number of halogens is 3. The Balaban J connectivity index is 0.878. The fourth-order valence-electron chi connectivity index (χ4n) is 7.23. The first-order valence-corrected chi connectivity index (χ1v) is 17.0. The van der Waals surface area contributed by atoms with Crippen molar-refractivity contribution in [3.05, 3.63) is 71.1 Å². The van der Waals surface area contributed by atoms with Gasteiger partial charge in [0.05, 0.1) is 0 Å². The van der Waals surface area contributed by atoms with Gasteiger partial charge in [0.15, 0.2) is 5.82 Å². The molecule has 3 saturated heterocycles. The Morgan fingerprint density at radius 1 is 0.896 bits per heavy atom. The normalized spacial score (nSPS) is 20.1. The zero-order valence-electron chi connectivity index (χ0n) is 26.8. The van der Waals surface area contributed by atoms with Crippen molar-refractivity contribution in [1.82, 2.24) is 35.0 Å². The number of pyridine rings is 1. The molecule has 4 aliphatic rings. The summed E-state index contributed by atoms with van der Waals surface area (Å²) in [5.74, 6) is 6.92. The fourth-order valence-corrected chi connectivity index (χ4v) is 7.23. The lowest BCUT2D eigenvalue weighted by atomic mass is 9.89. The minimum atomic E-state index is -4.60. The van der Waals surface area contributed by atoms with Crippen molar-refractivity contribution in [2.75, 3.05) is 44.6 Å². The van der Waals surface area contributed by atoms with Gasteiger partial charge in [0, 0.05) is 55.3 Å². The lowest BCUT2D eigenvalue weighted by molar-refractivity contribution is -0.147. The van der Waals surface area contributed by atoms with E-state index in [9.17, 15) is 18.0 Å². The number of fused-ring (bicyclic) bond motifs is 1. The molecule has 0 aliphatic carbocycles. The second-order valence-electron chi connectivity index (χ2n) is 13.1. The van der Waals surface area contributed by atoms with Crippen molar-refractivity contribution in [2.45, 2.75) is 69.5 Å². The van der Waals surface area contributed by atoms with Crippen LogP contribution in [0.3, 0.4) is 0 Å². The van der Waals surface area contributed by atoms with E-state index in [0.717, 1.165) is 67.7 Å². The summed E-state index contributed by atoms with van der Waals surface area (Å²) in [6.45, 7) is 5.86. The number of anilines is 1. The van der Waals surface area contributed by atoms with Crippen molar-refractivity contribution in [1.29, 1.82) is 0 Å². The minimum absolute atomic E-state index is 0.236. The SMILES string of the molecule is O=C(Nc1ccc(C2CCN(C3=Nn4c(nnc4C(F)(F)F)CC3)CC2)cc1)c1ccc(C#CC2CCN(C3CCNCC3)CC2)cn1. The molecule has 252 valence electrons. The molecular weight excluding hydrogens is 619 g/mol. The van der Waals surface area contributed by atoms with Crippen LogP contribution < -0.4 is 10.6 Å². The molecule has 6 heterocycles. The number of likely N-dealkylation sites (tertiary alicyclic amines) is 2. The first-order chi connectivity index (χ1) is 23.3. The lowest BCUT2D eigenvalue weighted by Crippen LogP contribution is -2.46. The van der Waals surface area contributed by atoms with Gasteiger partial charge in [-0.1, -0.05) is 24.0 Å². The fraction of sp³-hybridized carbons (Fsp3) is 0.514. The van der Waals surface area contributed by atoms with Gasteiger partial charge in [0.25, 0.3) is 11.7 Å². The number of nitrogens with zero attached hydrogens (tertiary/aromatic N) is 7. The van der Waals surface area contributed by atoms with E-state index in [1.807, 2.05) is 30.3 Å². The summed E-state index contributed by atoms with van der Waals surface area (Å²) in [4.78, 5) is 22.0. The second kappa shape index (κ2) is 14.1. The Morgan fingerprint density at radius 3 is 2.33 bits per heavy atom. The van der Waals surface area contributed by atoms with Crippen molar-refractivity contribution in [3.63, 3.8) is 0 Å². The van der Waals surface area contributed by atoms with Gasteiger partial charge in [-0.2, -0.15) is 22.9 Å². The van der Waals surface area contributed by atoms with Crippen molar-refractivity contribution in [2.24, 2.45) is 11.0 Å². The molecule has 3 fully saturated rings. The summed E-state index contributed by atoms with van der Waals surface area (Å²) in [5.41, 5.74) is 2.99. The van der Waals surface area contributed by atoms with Crippen LogP contribution >= 0.6 is 0 Å². The van der Waals surface area contributed by atoms with Crippen LogP contribution in [0.1, 0.15) is 84.1 Å². The van der Waals surface area contributed by atoms with E-state index in [4.69, 9.17) is 0 Å². The summed E-state index contributed by atoms with van der Waals surface area (Å²) < 4.78 is 40.8. The number of nitrogens with one attached hydrogen (secondary N) is 2. The van der Waals surface area contributed by atoms with Gasteiger partial charge in [0.1, 0.15) is 11.5 Å². The first kappa shape index (κ1) is 32.3. The number of rotatable bonds is 4. The average molecular weight is 660 g/mol. The maximum absolute atomic E-state index is 13.3. The first-order valence-electron chi connectivity index (χ1n) is 17.0. The molecule has 1 aromatic carbocycles. The number of carbonyl (C=O) groups excluding carboxylic acids is 1. The predicted molar refractivity (Wildman–Crippen MR) is 175 cm³/mol. The summed E-state index contributed by atoms with van der Waals surface area (Å²) in [6, 6.07) is 12.1. The van der Waals surface area contributed by atoms with Crippen molar-refractivity contribution < 1.29 is 18.0 Å². The molecule has 13 heteroatoms. The number of alkyl halides is 3. The number of carbonyl (C=O) groups is 1. The highest BCUT2D eigenvalue weighted by atomic mass is 19.4. The van der Waals surface area contributed by atoms with E-state index >= 15 is 0 Å². The van der Waals surface area contributed by atoms with Crippen molar-refractivity contribution in [3.8, 4) is 11.8 Å². The minimum Gasteiger partial charge on any atom is -0.359 e. The summed E-state index contributed by atoms with van der Waals surface area (Å²) in [5, 5.41) is 17.6. The van der Waals surface area contributed by atoms with Crippen LogP contribution in [0, 0.1) is 17.8 Å². The van der Waals surface area contributed by atoms with Crippen LogP contribution in [0.2, 0.25) is 0 Å². The zero-order chi connectivity index (χ0) is 33.1. The van der Waals surface area contributed by atoms with Crippen LogP contribution in [-0.2, 0) is 12.6 Å². The molecule has 0 bridgehead atoms. The molecule has 4 aliphatic heterocycles. The molecule has 10 nitrogen and oxygen atoms in total. The Morgan fingerprint density at radius 2 is 1.65 bits per heavy atom. The maximum Gasteiger partial charge on any atom is 0.453 e. The predicted octanol–water partition coefficient (Wildman–Crippen LogP) is 4.75. The molecule has 2 N–H and O–H groups in total. The van der Waals surface area contributed by atoms with Gasteiger partial charge < -0.3 is 20.4 Å². The van der Waals surface area contributed by atoms with E-state index in [1.165, 1.54) is 12.8 Å². The smallest absolute Gasteiger partial charge is 0.359 e. The number of aromatic nitrogens is 4.